The maximum absolute atomic E-state index is 6.01. The molecule has 0 bridgehead atoms. The molecule has 2 nitrogen and oxygen atoms in total. The summed E-state index contributed by atoms with van der Waals surface area (Å²) in [6.45, 7) is 2.08. The number of hydrogen-bond acceptors (Lipinski definition) is 1. The first-order chi connectivity index (χ1) is 8.24. The van der Waals surface area contributed by atoms with E-state index in [0.717, 1.165) is 16.9 Å². The van der Waals surface area contributed by atoms with Crippen molar-refractivity contribution in [1.29, 1.82) is 0 Å². The normalized spacial score (nSPS) is 10.9. The Balaban J connectivity index is 2.23. The molecule has 1 aromatic carbocycles. The first-order valence-electron chi connectivity index (χ1n) is 5.44. The molecule has 0 atom stereocenters. The fourth-order valence-electron chi connectivity index (χ4n) is 1.89. The predicted octanol–water partition coefficient (Wildman–Crippen LogP) is 3.96. The molecule has 3 rings (SSSR count). The molecule has 84 valence electrons. The number of pyridine rings is 1. The SMILES string of the molecule is Cc1ccc(-c2cnc3ccc(Cl)cn23)cc1. The van der Waals surface area contributed by atoms with Gasteiger partial charge in [0.25, 0.3) is 0 Å². The number of imidazole rings is 1. The molecule has 3 aromatic rings. The Kier molecular flexibility index (Phi) is 2.37. The van der Waals surface area contributed by atoms with Crippen molar-refractivity contribution in [3.8, 4) is 11.3 Å². The van der Waals surface area contributed by atoms with Crippen LogP contribution in [0.2, 0.25) is 5.02 Å². The van der Waals surface area contributed by atoms with E-state index >= 15 is 0 Å². The molecule has 2 heterocycles. The largest absolute Gasteiger partial charge is 0.298 e. The van der Waals surface area contributed by atoms with Gasteiger partial charge >= 0.3 is 0 Å². The zero-order valence-corrected chi connectivity index (χ0v) is 10.1. The van der Waals surface area contributed by atoms with Crippen molar-refractivity contribution in [2.45, 2.75) is 6.92 Å². The van der Waals surface area contributed by atoms with E-state index < -0.39 is 0 Å². The number of aryl methyl sites for hydroxylation is 1. The minimum absolute atomic E-state index is 0.712. The summed E-state index contributed by atoms with van der Waals surface area (Å²) in [6, 6.07) is 12.2. The molecule has 0 saturated heterocycles. The molecular formula is C14H11ClN2. The lowest BCUT2D eigenvalue weighted by atomic mass is 10.1. The molecule has 2 aromatic heterocycles. The number of benzene rings is 1. The summed E-state index contributed by atoms with van der Waals surface area (Å²) in [7, 11) is 0. The van der Waals surface area contributed by atoms with Crippen LogP contribution < -0.4 is 0 Å². The molecule has 0 aliphatic rings. The number of rotatable bonds is 1. The molecule has 0 radical (unpaired) electrons. The van der Waals surface area contributed by atoms with Crippen molar-refractivity contribution in [1.82, 2.24) is 9.38 Å². The molecule has 0 fully saturated rings. The van der Waals surface area contributed by atoms with Crippen LogP contribution in [0.4, 0.5) is 0 Å². The molecular weight excluding hydrogens is 232 g/mol. The second-order valence-electron chi connectivity index (χ2n) is 4.08. The minimum Gasteiger partial charge on any atom is -0.298 e. The predicted molar refractivity (Wildman–Crippen MR) is 70.4 cm³/mol. The van der Waals surface area contributed by atoms with Crippen molar-refractivity contribution in [3.05, 3.63) is 59.4 Å². The smallest absolute Gasteiger partial charge is 0.137 e. The van der Waals surface area contributed by atoms with Crippen LogP contribution in [0.5, 0.6) is 0 Å². The number of nitrogens with zero attached hydrogens (tertiary/aromatic N) is 2. The zero-order chi connectivity index (χ0) is 11.8. The highest BCUT2D eigenvalue weighted by Gasteiger charge is 2.05. The maximum atomic E-state index is 6.01. The Labute approximate surface area is 104 Å². The molecule has 3 heteroatoms. The molecule has 0 aliphatic heterocycles. The highest BCUT2D eigenvalue weighted by atomic mass is 35.5. The Morgan fingerprint density at radius 1 is 1.06 bits per heavy atom. The van der Waals surface area contributed by atoms with E-state index in [1.54, 1.807) is 0 Å². The Bertz CT molecular complexity index is 668. The topological polar surface area (TPSA) is 17.3 Å². The Morgan fingerprint density at radius 3 is 2.59 bits per heavy atom. The Hall–Kier alpha value is -1.80. The van der Waals surface area contributed by atoms with Crippen molar-refractivity contribution < 1.29 is 0 Å². The molecule has 0 aliphatic carbocycles. The van der Waals surface area contributed by atoms with E-state index in [1.165, 1.54) is 5.56 Å². The minimum atomic E-state index is 0.712. The van der Waals surface area contributed by atoms with Gasteiger partial charge in [0, 0.05) is 11.8 Å². The number of halogens is 1. The second kappa shape index (κ2) is 3.90. The van der Waals surface area contributed by atoms with E-state index in [4.69, 9.17) is 11.6 Å². The summed E-state index contributed by atoms with van der Waals surface area (Å²) in [5.74, 6) is 0. The van der Waals surface area contributed by atoms with Gasteiger partial charge in [-0.25, -0.2) is 4.98 Å². The highest BCUT2D eigenvalue weighted by Crippen LogP contribution is 2.22. The third-order valence-electron chi connectivity index (χ3n) is 2.82. The van der Waals surface area contributed by atoms with E-state index in [2.05, 4.69) is 36.2 Å². The highest BCUT2D eigenvalue weighted by molar-refractivity contribution is 6.30. The standard InChI is InChI=1S/C14H11ClN2/c1-10-2-4-11(5-3-10)13-8-16-14-7-6-12(15)9-17(13)14/h2-9H,1H3. The van der Waals surface area contributed by atoms with Crippen molar-refractivity contribution in [2.24, 2.45) is 0 Å². The van der Waals surface area contributed by atoms with Gasteiger partial charge in [0.1, 0.15) is 5.65 Å². The second-order valence-corrected chi connectivity index (χ2v) is 4.52. The van der Waals surface area contributed by atoms with Crippen LogP contribution in [-0.4, -0.2) is 9.38 Å². The summed E-state index contributed by atoms with van der Waals surface area (Å²) in [6.07, 6.45) is 3.76. The summed E-state index contributed by atoms with van der Waals surface area (Å²) in [5.41, 5.74) is 4.36. The first-order valence-corrected chi connectivity index (χ1v) is 5.81. The van der Waals surface area contributed by atoms with Gasteiger partial charge in [-0.05, 0) is 19.1 Å². The van der Waals surface area contributed by atoms with E-state index in [9.17, 15) is 0 Å². The molecule has 0 spiro atoms. The van der Waals surface area contributed by atoms with Gasteiger partial charge in [-0.3, -0.25) is 4.40 Å². The summed E-state index contributed by atoms with van der Waals surface area (Å²) < 4.78 is 2.01. The number of fused-ring (bicyclic) bond motifs is 1. The van der Waals surface area contributed by atoms with Gasteiger partial charge in [0.15, 0.2) is 0 Å². The van der Waals surface area contributed by atoms with Crippen molar-refractivity contribution in [2.75, 3.05) is 0 Å². The van der Waals surface area contributed by atoms with Crippen molar-refractivity contribution >= 4 is 17.2 Å². The van der Waals surface area contributed by atoms with Gasteiger partial charge in [-0.1, -0.05) is 41.4 Å². The molecule has 0 unspecified atom stereocenters. The number of aromatic nitrogens is 2. The van der Waals surface area contributed by atoms with E-state index in [1.807, 2.05) is 28.9 Å². The quantitative estimate of drug-likeness (QED) is 0.631. The van der Waals surface area contributed by atoms with Crippen molar-refractivity contribution in [3.63, 3.8) is 0 Å². The van der Waals surface area contributed by atoms with Gasteiger partial charge in [-0.15, -0.1) is 0 Å². The summed E-state index contributed by atoms with van der Waals surface area (Å²) in [4.78, 5) is 4.36. The van der Waals surface area contributed by atoms with Crippen LogP contribution in [0, 0.1) is 6.92 Å². The lowest BCUT2D eigenvalue weighted by molar-refractivity contribution is 1.19. The monoisotopic (exact) mass is 242 g/mol. The third kappa shape index (κ3) is 1.81. The van der Waals surface area contributed by atoms with Crippen LogP contribution in [0.25, 0.3) is 16.9 Å². The Morgan fingerprint density at radius 2 is 1.82 bits per heavy atom. The fraction of sp³-hybridized carbons (Fsp3) is 0.0714. The molecule has 0 N–H and O–H groups in total. The zero-order valence-electron chi connectivity index (χ0n) is 9.39. The van der Waals surface area contributed by atoms with Gasteiger partial charge < -0.3 is 0 Å². The maximum Gasteiger partial charge on any atom is 0.137 e. The van der Waals surface area contributed by atoms with Crippen LogP contribution in [0.1, 0.15) is 5.56 Å². The van der Waals surface area contributed by atoms with E-state index in [-0.39, 0.29) is 0 Å². The lowest BCUT2D eigenvalue weighted by Crippen LogP contribution is -1.87. The molecule has 0 amide bonds. The first kappa shape index (κ1) is 10.4. The van der Waals surface area contributed by atoms with Gasteiger partial charge in [0.05, 0.1) is 16.9 Å². The van der Waals surface area contributed by atoms with Crippen LogP contribution in [-0.2, 0) is 0 Å². The van der Waals surface area contributed by atoms with Gasteiger partial charge in [-0.2, -0.15) is 0 Å². The average Bonchev–Trinajstić information content (AvgIpc) is 2.73. The average molecular weight is 243 g/mol. The van der Waals surface area contributed by atoms with Crippen LogP contribution in [0.3, 0.4) is 0 Å². The van der Waals surface area contributed by atoms with E-state index in [0.29, 0.717) is 5.02 Å². The molecule has 17 heavy (non-hydrogen) atoms. The molecule has 0 saturated carbocycles. The summed E-state index contributed by atoms with van der Waals surface area (Å²) in [5, 5.41) is 0.712. The fourth-order valence-corrected chi connectivity index (χ4v) is 2.05. The summed E-state index contributed by atoms with van der Waals surface area (Å²) >= 11 is 6.01. The van der Waals surface area contributed by atoms with Crippen LogP contribution in [0.15, 0.2) is 48.8 Å². The van der Waals surface area contributed by atoms with Gasteiger partial charge in [0.2, 0.25) is 0 Å². The number of hydrogen-bond donors (Lipinski definition) is 0. The van der Waals surface area contributed by atoms with Crippen LogP contribution >= 0.6 is 11.6 Å². The third-order valence-corrected chi connectivity index (χ3v) is 3.04. The lowest BCUT2D eigenvalue weighted by Gasteiger charge is -2.02.